The molecule has 114 valence electrons. The van der Waals surface area contributed by atoms with Crippen LogP contribution in [0.4, 0.5) is 11.4 Å². The van der Waals surface area contributed by atoms with Crippen LogP contribution in [0.3, 0.4) is 0 Å². The first kappa shape index (κ1) is 14.4. The van der Waals surface area contributed by atoms with Crippen LogP contribution in [0.15, 0.2) is 18.2 Å². The zero-order valence-corrected chi connectivity index (χ0v) is 12.7. The number of nitro groups is 1. The van der Waals surface area contributed by atoms with Crippen molar-refractivity contribution in [1.29, 1.82) is 0 Å². The number of nitro benzene ring substituents is 1. The minimum Gasteiger partial charge on any atom is -0.382 e. The van der Waals surface area contributed by atoms with Crippen molar-refractivity contribution in [2.24, 2.45) is 5.41 Å². The summed E-state index contributed by atoms with van der Waals surface area (Å²) >= 11 is 0. The molecule has 1 aromatic rings. The summed E-state index contributed by atoms with van der Waals surface area (Å²) in [6.07, 6.45) is 10.8. The van der Waals surface area contributed by atoms with Gasteiger partial charge < -0.3 is 5.32 Å². The van der Waals surface area contributed by atoms with Gasteiger partial charge in [-0.25, -0.2) is 0 Å². The van der Waals surface area contributed by atoms with Gasteiger partial charge in [0.1, 0.15) is 0 Å². The van der Waals surface area contributed by atoms with E-state index in [4.69, 9.17) is 0 Å². The number of benzene rings is 1. The van der Waals surface area contributed by atoms with Crippen molar-refractivity contribution in [3.05, 3.63) is 33.9 Å². The number of hydrogen-bond donors (Lipinski definition) is 1. The van der Waals surface area contributed by atoms with Gasteiger partial charge >= 0.3 is 0 Å². The van der Waals surface area contributed by atoms with Gasteiger partial charge in [-0.1, -0.05) is 12.8 Å². The fourth-order valence-corrected chi connectivity index (χ4v) is 4.19. The van der Waals surface area contributed by atoms with Crippen LogP contribution in [-0.2, 0) is 0 Å². The Morgan fingerprint density at radius 2 is 1.86 bits per heavy atom. The van der Waals surface area contributed by atoms with E-state index < -0.39 is 0 Å². The molecule has 2 aliphatic rings. The van der Waals surface area contributed by atoms with E-state index in [1.54, 1.807) is 13.0 Å². The third kappa shape index (κ3) is 3.04. The number of anilines is 1. The fraction of sp³-hybridized carbons (Fsp3) is 0.647. The Labute approximate surface area is 126 Å². The van der Waals surface area contributed by atoms with Crippen molar-refractivity contribution in [3.8, 4) is 0 Å². The van der Waals surface area contributed by atoms with Gasteiger partial charge in [0, 0.05) is 23.4 Å². The molecule has 21 heavy (non-hydrogen) atoms. The van der Waals surface area contributed by atoms with Crippen LogP contribution in [-0.4, -0.2) is 11.0 Å². The lowest BCUT2D eigenvalue weighted by Gasteiger charge is -2.37. The maximum Gasteiger partial charge on any atom is 0.272 e. The summed E-state index contributed by atoms with van der Waals surface area (Å²) < 4.78 is 0. The molecule has 2 aliphatic carbocycles. The lowest BCUT2D eigenvalue weighted by molar-refractivity contribution is -0.385. The predicted octanol–water partition coefficient (Wildman–Crippen LogP) is 4.82. The van der Waals surface area contributed by atoms with Crippen molar-refractivity contribution in [3.63, 3.8) is 0 Å². The van der Waals surface area contributed by atoms with E-state index in [9.17, 15) is 10.1 Å². The molecule has 1 aromatic carbocycles. The summed E-state index contributed by atoms with van der Waals surface area (Å²) in [7, 11) is 0. The third-order valence-corrected chi connectivity index (χ3v) is 5.47. The van der Waals surface area contributed by atoms with Crippen molar-refractivity contribution < 1.29 is 4.92 Å². The quantitative estimate of drug-likeness (QED) is 0.641. The molecule has 1 spiro atoms. The number of nitrogens with one attached hydrogen (secondary N) is 1. The predicted molar refractivity (Wildman–Crippen MR) is 84.6 cm³/mol. The lowest BCUT2D eigenvalue weighted by Crippen LogP contribution is -2.31. The monoisotopic (exact) mass is 288 g/mol. The Bertz CT molecular complexity index is 526. The van der Waals surface area contributed by atoms with E-state index in [2.05, 4.69) is 5.32 Å². The molecule has 3 rings (SSSR count). The molecule has 0 atom stereocenters. The first-order valence-electron chi connectivity index (χ1n) is 8.10. The molecule has 4 heteroatoms. The topological polar surface area (TPSA) is 55.2 Å². The molecule has 0 aliphatic heterocycles. The summed E-state index contributed by atoms with van der Waals surface area (Å²) in [5.41, 5.74) is 2.61. The van der Waals surface area contributed by atoms with Crippen molar-refractivity contribution in [2.45, 2.75) is 64.3 Å². The van der Waals surface area contributed by atoms with Gasteiger partial charge in [-0.05, 0) is 63.0 Å². The van der Waals surface area contributed by atoms with Crippen LogP contribution >= 0.6 is 0 Å². The Morgan fingerprint density at radius 3 is 2.43 bits per heavy atom. The second-order valence-corrected chi connectivity index (χ2v) is 6.88. The average Bonchev–Trinajstić information content (AvgIpc) is 2.90. The SMILES string of the molecule is Cc1cc(NC2CCC3(CCCC3)CC2)ccc1[N+](=O)[O-]. The van der Waals surface area contributed by atoms with Crippen LogP contribution in [0.1, 0.15) is 56.9 Å². The molecule has 1 N–H and O–H groups in total. The van der Waals surface area contributed by atoms with E-state index >= 15 is 0 Å². The van der Waals surface area contributed by atoms with Gasteiger partial charge in [0.2, 0.25) is 0 Å². The van der Waals surface area contributed by atoms with Crippen LogP contribution in [0.25, 0.3) is 0 Å². The molecule has 0 unspecified atom stereocenters. The van der Waals surface area contributed by atoms with E-state index in [1.165, 1.54) is 51.4 Å². The van der Waals surface area contributed by atoms with Crippen LogP contribution in [0.2, 0.25) is 0 Å². The first-order chi connectivity index (χ1) is 10.1. The standard InChI is InChI=1S/C17H24N2O2/c1-13-12-15(4-5-16(13)19(20)21)18-14-6-10-17(11-7-14)8-2-3-9-17/h4-5,12,14,18H,2-3,6-11H2,1H3. The van der Waals surface area contributed by atoms with Crippen molar-refractivity contribution in [2.75, 3.05) is 5.32 Å². The van der Waals surface area contributed by atoms with E-state index in [0.29, 0.717) is 11.5 Å². The van der Waals surface area contributed by atoms with Gasteiger partial charge in [0.15, 0.2) is 0 Å². The molecule has 0 saturated heterocycles. The summed E-state index contributed by atoms with van der Waals surface area (Å²) in [4.78, 5) is 10.5. The van der Waals surface area contributed by atoms with Gasteiger partial charge in [-0.15, -0.1) is 0 Å². The molecule has 0 aromatic heterocycles. The number of rotatable bonds is 3. The highest BCUT2D eigenvalue weighted by Crippen LogP contribution is 2.49. The second-order valence-electron chi connectivity index (χ2n) is 6.88. The molecule has 0 amide bonds. The van der Waals surface area contributed by atoms with Crippen LogP contribution < -0.4 is 5.32 Å². The zero-order valence-electron chi connectivity index (χ0n) is 12.7. The smallest absolute Gasteiger partial charge is 0.272 e. The molecule has 0 heterocycles. The minimum absolute atomic E-state index is 0.203. The highest BCUT2D eigenvalue weighted by molar-refractivity contribution is 5.54. The van der Waals surface area contributed by atoms with Crippen molar-refractivity contribution in [1.82, 2.24) is 0 Å². The highest BCUT2D eigenvalue weighted by atomic mass is 16.6. The molecule has 2 saturated carbocycles. The van der Waals surface area contributed by atoms with Gasteiger partial charge in [-0.3, -0.25) is 10.1 Å². The van der Waals surface area contributed by atoms with Gasteiger partial charge in [-0.2, -0.15) is 0 Å². The number of nitrogens with zero attached hydrogens (tertiary/aromatic N) is 1. The molecule has 0 radical (unpaired) electrons. The second kappa shape index (κ2) is 5.66. The van der Waals surface area contributed by atoms with E-state index in [0.717, 1.165) is 11.3 Å². The largest absolute Gasteiger partial charge is 0.382 e. The molecule has 4 nitrogen and oxygen atoms in total. The molecular weight excluding hydrogens is 264 g/mol. The maximum atomic E-state index is 10.9. The Hall–Kier alpha value is -1.58. The number of hydrogen-bond acceptors (Lipinski definition) is 3. The maximum absolute atomic E-state index is 10.9. The van der Waals surface area contributed by atoms with Gasteiger partial charge in [0.25, 0.3) is 5.69 Å². The fourth-order valence-electron chi connectivity index (χ4n) is 4.19. The first-order valence-corrected chi connectivity index (χ1v) is 8.10. The lowest BCUT2D eigenvalue weighted by atomic mass is 9.71. The van der Waals surface area contributed by atoms with E-state index in [1.807, 2.05) is 12.1 Å². The Kier molecular flexibility index (Phi) is 3.87. The Morgan fingerprint density at radius 1 is 1.19 bits per heavy atom. The summed E-state index contributed by atoms with van der Waals surface area (Å²) in [6, 6.07) is 5.87. The summed E-state index contributed by atoms with van der Waals surface area (Å²) in [5, 5.41) is 14.4. The number of aryl methyl sites for hydroxylation is 1. The molecule has 0 bridgehead atoms. The highest BCUT2D eigenvalue weighted by Gasteiger charge is 2.37. The minimum atomic E-state index is -0.316. The van der Waals surface area contributed by atoms with Gasteiger partial charge in [0.05, 0.1) is 4.92 Å². The summed E-state index contributed by atoms with van der Waals surface area (Å²) in [5.74, 6) is 0. The molecular formula is C17H24N2O2. The van der Waals surface area contributed by atoms with Crippen LogP contribution in [0.5, 0.6) is 0 Å². The zero-order chi connectivity index (χ0) is 14.9. The normalized spacial score (nSPS) is 21.6. The van der Waals surface area contributed by atoms with Crippen molar-refractivity contribution >= 4 is 11.4 Å². The average molecular weight is 288 g/mol. The third-order valence-electron chi connectivity index (χ3n) is 5.47. The molecule has 2 fully saturated rings. The van der Waals surface area contributed by atoms with E-state index in [-0.39, 0.29) is 10.6 Å². The Balaban J connectivity index is 1.60. The summed E-state index contributed by atoms with van der Waals surface area (Å²) in [6.45, 7) is 1.80. The van der Waals surface area contributed by atoms with Crippen LogP contribution in [0, 0.1) is 22.5 Å².